The van der Waals surface area contributed by atoms with Gasteiger partial charge in [-0.1, -0.05) is 59.6 Å². The molecule has 0 spiro atoms. The molecule has 3 fully saturated rings. The molecule has 4 aromatic carbocycles. The van der Waals surface area contributed by atoms with Crippen molar-refractivity contribution in [2.24, 2.45) is 29.1 Å². The number of carboxylic acids is 1. The summed E-state index contributed by atoms with van der Waals surface area (Å²) in [5, 5.41) is 31.2. The number of fused-ring (bicyclic) bond motifs is 4. The number of anilines is 2. The molecule has 11 nitrogen and oxygen atoms in total. The predicted octanol–water partition coefficient (Wildman–Crippen LogP) is 6.60. The summed E-state index contributed by atoms with van der Waals surface area (Å²) < 4.78 is 20.2. The zero-order valence-electron chi connectivity index (χ0n) is 28.6. The lowest BCUT2D eigenvalue weighted by atomic mass is 9.51. The Bertz CT molecular complexity index is 2330. The molecule has 4 aliphatic rings. The first-order valence-corrected chi connectivity index (χ1v) is 17.7. The van der Waals surface area contributed by atoms with Gasteiger partial charge in [0.15, 0.2) is 0 Å². The monoisotopic (exact) mass is 750 g/mol. The van der Waals surface area contributed by atoms with Crippen LogP contribution < -0.4 is 14.5 Å². The molecule has 2 saturated heterocycles. The minimum Gasteiger partial charge on any atom is -0.508 e. The highest BCUT2D eigenvalue weighted by molar-refractivity contribution is 6.32. The molecule has 6 atom stereocenters. The van der Waals surface area contributed by atoms with E-state index < -0.39 is 81.7 Å². The molecule has 54 heavy (non-hydrogen) atoms. The van der Waals surface area contributed by atoms with Crippen molar-refractivity contribution in [3.8, 4) is 17.2 Å². The van der Waals surface area contributed by atoms with Crippen molar-refractivity contribution in [3.05, 3.63) is 124 Å². The summed E-state index contributed by atoms with van der Waals surface area (Å²) in [6, 6.07) is 21.1. The first-order valence-electron chi connectivity index (χ1n) is 17.3. The van der Waals surface area contributed by atoms with Gasteiger partial charge in [-0.3, -0.25) is 19.2 Å². The number of phenols is 2. The fourth-order valence-electron chi connectivity index (χ4n) is 8.92. The number of phenolic OH excluding ortho intramolecular Hbond substituents is 1. The van der Waals surface area contributed by atoms with E-state index in [2.05, 4.69) is 0 Å². The number of hydrogen-bond donors (Lipinski definition) is 3. The molecule has 0 bridgehead atoms. The minimum atomic E-state index is -1.50. The van der Waals surface area contributed by atoms with Gasteiger partial charge in [0, 0.05) is 23.6 Å². The Morgan fingerprint density at radius 1 is 0.870 bits per heavy atom. The lowest BCUT2D eigenvalue weighted by Crippen LogP contribution is -2.48. The molecular weight excluding hydrogens is 719 g/mol. The zero-order chi connectivity index (χ0) is 38.2. The molecule has 274 valence electrons. The summed E-state index contributed by atoms with van der Waals surface area (Å²) in [4.78, 5) is 70.8. The van der Waals surface area contributed by atoms with Crippen molar-refractivity contribution < 1.29 is 48.4 Å². The highest BCUT2D eigenvalue weighted by atomic mass is 35.5. The molecule has 0 radical (unpaired) electrons. The molecule has 4 amide bonds. The summed E-state index contributed by atoms with van der Waals surface area (Å²) in [6.45, 7) is 1.88. The topological polar surface area (TPSA) is 162 Å². The largest absolute Gasteiger partial charge is 0.508 e. The van der Waals surface area contributed by atoms with Crippen LogP contribution in [0.4, 0.5) is 15.8 Å². The van der Waals surface area contributed by atoms with Crippen LogP contribution in [0.2, 0.25) is 5.02 Å². The Hall–Kier alpha value is -6.01. The van der Waals surface area contributed by atoms with Gasteiger partial charge in [0.25, 0.3) is 0 Å². The number of rotatable bonds is 7. The molecule has 2 heterocycles. The normalized spacial score (nSPS) is 26.0. The quantitative estimate of drug-likeness (QED) is 0.140. The van der Waals surface area contributed by atoms with E-state index in [-0.39, 0.29) is 41.6 Å². The van der Waals surface area contributed by atoms with Crippen LogP contribution in [-0.2, 0) is 25.8 Å². The number of hydrogen-bond acceptors (Lipinski definition) is 8. The van der Waals surface area contributed by atoms with Crippen LogP contribution in [0, 0.1) is 34.9 Å². The van der Waals surface area contributed by atoms with E-state index in [0.29, 0.717) is 16.9 Å². The average molecular weight is 751 g/mol. The Morgan fingerprint density at radius 3 is 2.28 bits per heavy atom. The highest BCUT2D eigenvalue weighted by Gasteiger charge is 2.68. The molecule has 8 rings (SSSR count). The number of aromatic carboxylic acids is 1. The number of halogens is 2. The number of benzene rings is 4. The van der Waals surface area contributed by atoms with E-state index in [1.165, 1.54) is 24.3 Å². The molecule has 2 aliphatic heterocycles. The van der Waals surface area contributed by atoms with Crippen molar-refractivity contribution in [3.63, 3.8) is 0 Å². The smallest absolute Gasteiger partial charge is 0.339 e. The summed E-state index contributed by atoms with van der Waals surface area (Å²) in [7, 11) is 0. The Kier molecular flexibility index (Phi) is 8.33. The molecule has 4 aromatic rings. The van der Waals surface area contributed by atoms with E-state index in [4.69, 9.17) is 16.3 Å². The molecule has 0 aromatic heterocycles. The third-order valence-corrected chi connectivity index (χ3v) is 11.8. The number of allylic oxidation sites excluding steroid dienone is 2. The first-order chi connectivity index (χ1) is 25.8. The van der Waals surface area contributed by atoms with Gasteiger partial charge in [-0.15, -0.1) is 0 Å². The Morgan fingerprint density at radius 2 is 1.59 bits per heavy atom. The van der Waals surface area contributed by atoms with Gasteiger partial charge in [-0.25, -0.2) is 19.0 Å². The zero-order valence-corrected chi connectivity index (χ0v) is 29.4. The molecular formula is C41H32ClFN2O9. The summed E-state index contributed by atoms with van der Waals surface area (Å²) >= 11 is 6.09. The Balaban J connectivity index is 1.21. The first kappa shape index (κ1) is 35.0. The van der Waals surface area contributed by atoms with Crippen molar-refractivity contribution in [2.75, 3.05) is 9.80 Å². The van der Waals surface area contributed by atoms with Crippen LogP contribution in [0.5, 0.6) is 17.2 Å². The molecule has 13 heteroatoms. The average Bonchev–Trinajstić information content (AvgIpc) is 3.52. The van der Waals surface area contributed by atoms with Crippen molar-refractivity contribution in [2.45, 2.75) is 32.3 Å². The second-order valence-corrected chi connectivity index (χ2v) is 14.7. The van der Waals surface area contributed by atoms with Crippen LogP contribution in [-0.4, -0.2) is 44.9 Å². The van der Waals surface area contributed by atoms with Gasteiger partial charge in [0.1, 0.15) is 35.2 Å². The van der Waals surface area contributed by atoms with Crippen LogP contribution in [0.15, 0.2) is 96.6 Å². The number of nitrogens with zero attached hydrogens (tertiary/aromatic N) is 2. The molecule has 3 N–H and O–H groups in total. The van der Waals surface area contributed by atoms with Crippen LogP contribution in [0.1, 0.15) is 47.2 Å². The molecule has 0 unspecified atom stereocenters. The number of aromatic hydroxyl groups is 2. The maximum absolute atomic E-state index is 14.7. The summed E-state index contributed by atoms with van der Waals surface area (Å²) in [6.07, 6.45) is 1.92. The van der Waals surface area contributed by atoms with Crippen LogP contribution in [0.25, 0.3) is 0 Å². The fourth-order valence-corrected chi connectivity index (χ4v) is 9.10. The van der Waals surface area contributed by atoms with E-state index >= 15 is 0 Å². The number of imide groups is 2. The number of ether oxygens (including phenoxy) is 1. The van der Waals surface area contributed by atoms with Crippen molar-refractivity contribution >= 4 is 52.6 Å². The lowest BCUT2D eigenvalue weighted by Gasteiger charge is -2.49. The lowest BCUT2D eigenvalue weighted by molar-refractivity contribution is -0.131. The van der Waals surface area contributed by atoms with Gasteiger partial charge in [-0.2, -0.15) is 0 Å². The predicted molar refractivity (Wildman–Crippen MR) is 192 cm³/mol. The third-order valence-electron chi connectivity index (χ3n) is 11.5. The third kappa shape index (κ3) is 5.26. The van der Waals surface area contributed by atoms with E-state index in [9.17, 15) is 43.7 Å². The molecule has 2 aliphatic carbocycles. The van der Waals surface area contributed by atoms with Crippen LogP contribution >= 0.6 is 11.6 Å². The highest BCUT2D eigenvalue weighted by Crippen LogP contribution is 2.64. The maximum atomic E-state index is 14.7. The van der Waals surface area contributed by atoms with Crippen molar-refractivity contribution in [1.29, 1.82) is 0 Å². The summed E-state index contributed by atoms with van der Waals surface area (Å²) in [5.74, 6) is -9.47. The van der Waals surface area contributed by atoms with Gasteiger partial charge in [0.05, 0.1) is 39.6 Å². The van der Waals surface area contributed by atoms with Gasteiger partial charge in [-0.05, 0) is 67.6 Å². The SMILES string of the molecule is C[C@@]12C(=O)N(c3ccc(F)c(Cl)c3)C(=O)[C@@H]1C[C@@H]1C(=CC[C@@H]3C(=O)N(c4ccc(C(=O)O)c(O)c4)C(=O)[C@@H]31)[C@@H]2c1ccc(OCc2ccccc2)cc1O. The fraction of sp³-hybridized carbons (Fsp3) is 0.244. The second-order valence-electron chi connectivity index (χ2n) is 14.3. The minimum absolute atomic E-state index is 0.00383. The van der Waals surface area contributed by atoms with Gasteiger partial charge in [0.2, 0.25) is 23.6 Å². The van der Waals surface area contributed by atoms with E-state index in [1.807, 2.05) is 36.4 Å². The Labute approximate surface area is 312 Å². The maximum Gasteiger partial charge on any atom is 0.339 e. The van der Waals surface area contributed by atoms with E-state index in [1.54, 1.807) is 19.1 Å². The molecule has 1 saturated carbocycles. The van der Waals surface area contributed by atoms with Crippen molar-refractivity contribution in [1.82, 2.24) is 0 Å². The number of carbonyl (C=O) groups is 5. The van der Waals surface area contributed by atoms with E-state index in [0.717, 1.165) is 33.6 Å². The summed E-state index contributed by atoms with van der Waals surface area (Å²) in [5.41, 5.74) is -0.0137. The van der Waals surface area contributed by atoms with Crippen LogP contribution in [0.3, 0.4) is 0 Å². The van der Waals surface area contributed by atoms with Gasteiger partial charge >= 0.3 is 5.97 Å². The second kappa shape index (κ2) is 12.8. The number of amides is 4. The number of carbonyl (C=O) groups excluding carboxylic acids is 4. The van der Waals surface area contributed by atoms with Gasteiger partial charge < -0.3 is 20.1 Å². The standard InChI is InChI=1S/C41H32ClFN2O9/c1-41-29(37(49)45(40(41)53)21-8-14-31(43)30(42)15-21)18-28-24(35(41)25-11-9-23(17-33(25)47)54-19-20-5-3-2-4-6-20)12-13-27-34(28)38(50)44(36(27)48)22-7-10-26(39(51)52)32(46)16-22/h2-12,14-17,27-29,34-35,46-47H,13,18-19H2,1H3,(H,51,52)/t27-,28+,29-,34-,35+,41+/m0/s1. The number of carboxylic acid groups (broad SMARTS) is 1.